The van der Waals surface area contributed by atoms with E-state index in [0.717, 1.165) is 55.8 Å². The SMILES string of the molecule is COc1cccc(C[NH+]2CC[NH+](Cc3ccccc3Cl)CC2)c1OC. The maximum atomic E-state index is 6.30. The number of ether oxygens (including phenoxy) is 2. The maximum Gasteiger partial charge on any atom is 0.169 e. The number of methoxy groups -OCH3 is 2. The number of benzene rings is 2. The van der Waals surface area contributed by atoms with Gasteiger partial charge in [-0.05, 0) is 18.2 Å². The predicted molar refractivity (Wildman–Crippen MR) is 99.8 cm³/mol. The van der Waals surface area contributed by atoms with Crippen LogP contribution in [0.5, 0.6) is 11.5 Å². The molecule has 0 amide bonds. The van der Waals surface area contributed by atoms with Gasteiger partial charge in [-0.2, -0.15) is 0 Å². The quantitative estimate of drug-likeness (QED) is 0.797. The topological polar surface area (TPSA) is 27.3 Å². The van der Waals surface area contributed by atoms with Gasteiger partial charge in [-0.3, -0.25) is 0 Å². The highest BCUT2D eigenvalue weighted by molar-refractivity contribution is 6.31. The average Bonchev–Trinajstić information content (AvgIpc) is 2.65. The Labute approximate surface area is 154 Å². The standard InChI is InChI=1S/C20H25ClN2O2/c1-24-19-9-5-7-17(20(19)25-2)15-23-12-10-22(11-13-23)14-16-6-3-4-8-18(16)21/h3-9H,10-15H2,1-2H3/p+2. The molecule has 4 nitrogen and oxygen atoms in total. The van der Waals surface area contributed by atoms with Gasteiger partial charge in [0.25, 0.3) is 0 Å². The number of quaternary nitrogens is 2. The van der Waals surface area contributed by atoms with Crippen LogP contribution >= 0.6 is 11.6 Å². The van der Waals surface area contributed by atoms with E-state index in [9.17, 15) is 0 Å². The average molecular weight is 363 g/mol. The van der Waals surface area contributed by atoms with Crippen molar-refractivity contribution in [3.05, 3.63) is 58.6 Å². The van der Waals surface area contributed by atoms with E-state index in [-0.39, 0.29) is 0 Å². The van der Waals surface area contributed by atoms with Crippen molar-refractivity contribution in [2.24, 2.45) is 0 Å². The Hall–Kier alpha value is -1.75. The first-order valence-corrected chi connectivity index (χ1v) is 9.19. The van der Waals surface area contributed by atoms with Crippen molar-refractivity contribution in [3.8, 4) is 11.5 Å². The van der Waals surface area contributed by atoms with Gasteiger partial charge in [-0.15, -0.1) is 0 Å². The Bertz CT molecular complexity index is 700. The first kappa shape index (κ1) is 18.1. The van der Waals surface area contributed by atoms with Gasteiger partial charge in [-0.1, -0.05) is 35.9 Å². The van der Waals surface area contributed by atoms with Gasteiger partial charge >= 0.3 is 0 Å². The third-order valence-electron chi connectivity index (χ3n) is 4.99. The molecule has 1 fully saturated rings. The van der Waals surface area contributed by atoms with E-state index in [1.807, 2.05) is 24.3 Å². The molecule has 1 aliphatic heterocycles. The van der Waals surface area contributed by atoms with Crippen LogP contribution in [0.3, 0.4) is 0 Å². The van der Waals surface area contributed by atoms with E-state index in [1.165, 1.54) is 11.1 Å². The minimum Gasteiger partial charge on any atom is -0.493 e. The summed E-state index contributed by atoms with van der Waals surface area (Å²) in [5, 5.41) is 0.880. The Morgan fingerprint density at radius 2 is 1.40 bits per heavy atom. The van der Waals surface area contributed by atoms with E-state index >= 15 is 0 Å². The van der Waals surface area contributed by atoms with Gasteiger partial charge in [0.1, 0.15) is 39.3 Å². The molecule has 0 atom stereocenters. The monoisotopic (exact) mass is 362 g/mol. The van der Waals surface area contributed by atoms with Crippen LogP contribution in [0.25, 0.3) is 0 Å². The zero-order valence-corrected chi connectivity index (χ0v) is 15.7. The summed E-state index contributed by atoms with van der Waals surface area (Å²) in [4.78, 5) is 3.20. The van der Waals surface area contributed by atoms with Gasteiger partial charge in [-0.25, -0.2) is 0 Å². The molecule has 1 heterocycles. The Kier molecular flexibility index (Phi) is 6.19. The molecule has 1 aliphatic rings. The van der Waals surface area contributed by atoms with E-state index < -0.39 is 0 Å². The molecule has 2 N–H and O–H groups in total. The van der Waals surface area contributed by atoms with Crippen LogP contribution in [0.4, 0.5) is 0 Å². The maximum absolute atomic E-state index is 6.30. The van der Waals surface area contributed by atoms with Crippen molar-refractivity contribution < 1.29 is 19.3 Å². The molecule has 0 spiro atoms. The zero-order chi connectivity index (χ0) is 17.6. The second-order valence-electron chi connectivity index (χ2n) is 6.60. The minimum atomic E-state index is 0.808. The number of piperazine rings is 1. The summed E-state index contributed by atoms with van der Waals surface area (Å²) in [6.07, 6.45) is 0. The van der Waals surface area contributed by atoms with Crippen molar-refractivity contribution in [2.75, 3.05) is 40.4 Å². The normalized spacial score (nSPS) is 20.3. The van der Waals surface area contributed by atoms with Gasteiger partial charge < -0.3 is 19.3 Å². The number of hydrogen-bond acceptors (Lipinski definition) is 2. The lowest BCUT2D eigenvalue weighted by molar-refractivity contribution is -1.02. The third-order valence-corrected chi connectivity index (χ3v) is 5.36. The van der Waals surface area contributed by atoms with Crippen molar-refractivity contribution >= 4 is 11.6 Å². The first-order chi connectivity index (χ1) is 12.2. The van der Waals surface area contributed by atoms with Crippen LogP contribution in [0.2, 0.25) is 5.02 Å². The van der Waals surface area contributed by atoms with Crippen LogP contribution in [0.1, 0.15) is 11.1 Å². The summed E-state index contributed by atoms with van der Waals surface area (Å²) in [6, 6.07) is 14.3. The molecule has 0 aliphatic carbocycles. The molecule has 1 saturated heterocycles. The summed E-state index contributed by atoms with van der Waals surface area (Å²) in [5.41, 5.74) is 2.46. The van der Waals surface area contributed by atoms with Crippen molar-refractivity contribution in [3.63, 3.8) is 0 Å². The summed E-state index contributed by atoms with van der Waals surface area (Å²) in [7, 11) is 3.40. The number of hydrogen-bond donors (Lipinski definition) is 2. The highest BCUT2D eigenvalue weighted by Gasteiger charge is 2.25. The van der Waals surface area contributed by atoms with E-state index in [4.69, 9.17) is 21.1 Å². The lowest BCUT2D eigenvalue weighted by atomic mass is 10.1. The largest absolute Gasteiger partial charge is 0.493 e. The van der Waals surface area contributed by atoms with Crippen LogP contribution in [-0.2, 0) is 13.1 Å². The van der Waals surface area contributed by atoms with Gasteiger partial charge in [0.05, 0.1) is 19.8 Å². The van der Waals surface area contributed by atoms with Crippen molar-refractivity contribution in [2.45, 2.75) is 13.1 Å². The summed E-state index contributed by atoms with van der Waals surface area (Å²) in [6.45, 7) is 6.61. The Morgan fingerprint density at radius 1 is 0.800 bits per heavy atom. The van der Waals surface area contributed by atoms with E-state index in [1.54, 1.807) is 24.0 Å². The van der Waals surface area contributed by atoms with Crippen molar-refractivity contribution in [1.82, 2.24) is 0 Å². The molecule has 0 radical (unpaired) electrons. The van der Waals surface area contributed by atoms with Crippen molar-refractivity contribution in [1.29, 1.82) is 0 Å². The highest BCUT2D eigenvalue weighted by atomic mass is 35.5. The first-order valence-electron chi connectivity index (χ1n) is 8.81. The predicted octanol–water partition coefficient (Wildman–Crippen LogP) is 0.841. The van der Waals surface area contributed by atoms with Crippen LogP contribution in [0.15, 0.2) is 42.5 Å². The number of halogens is 1. The number of para-hydroxylation sites is 1. The van der Waals surface area contributed by atoms with E-state index in [2.05, 4.69) is 18.2 Å². The summed E-state index contributed by atoms with van der Waals surface area (Å²) in [5.74, 6) is 1.67. The Morgan fingerprint density at radius 3 is 2.00 bits per heavy atom. The molecule has 0 unspecified atom stereocenters. The second kappa shape index (κ2) is 8.56. The van der Waals surface area contributed by atoms with Gasteiger partial charge in [0, 0.05) is 10.6 Å². The molecule has 0 aromatic heterocycles. The molecule has 25 heavy (non-hydrogen) atoms. The fourth-order valence-corrected chi connectivity index (χ4v) is 3.79. The van der Waals surface area contributed by atoms with Crippen LogP contribution < -0.4 is 19.3 Å². The molecule has 134 valence electrons. The molecule has 2 aromatic rings. The molecular weight excluding hydrogens is 336 g/mol. The molecule has 0 bridgehead atoms. The second-order valence-corrected chi connectivity index (χ2v) is 7.00. The smallest absolute Gasteiger partial charge is 0.169 e. The summed E-state index contributed by atoms with van der Waals surface area (Å²) >= 11 is 6.30. The fourth-order valence-electron chi connectivity index (χ4n) is 3.58. The number of nitrogens with one attached hydrogen (secondary N) is 2. The number of rotatable bonds is 6. The summed E-state index contributed by atoms with van der Waals surface area (Å²) < 4.78 is 11.0. The Balaban J connectivity index is 1.57. The molecule has 3 rings (SSSR count). The van der Waals surface area contributed by atoms with Gasteiger partial charge in [0.2, 0.25) is 0 Å². The highest BCUT2D eigenvalue weighted by Crippen LogP contribution is 2.30. The van der Waals surface area contributed by atoms with Crippen LogP contribution in [-0.4, -0.2) is 40.4 Å². The lowest BCUT2D eigenvalue weighted by Gasteiger charge is -2.30. The minimum absolute atomic E-state index is 0.808. The molecule has 5 heteroatoms. The lowest BCUT2D eigenvalue weighted by Crippen LogP contribution is -3.27. The third kappa shape index (κ3) is 4.46. The van der Waals surface area contributed by atoms with Crippen LogP contribution in [0, 0.1) is 0 Å². The molecule has 2 aromatic carbocycles. The zero-order valence-electron chi connectivity index (χ0n) is 15.0. The molecular formula is C20H27ClN2O2+2. The van der Waals surface area contributed by atoms with E-state index in [0.29, 0.717) is 0 Å². The fraction of sp³-hybridized carbons (Fsp3) is 0.400. The molecule has 0 saturated carbocycles. The van der Waals surface area contributed by atoms with Gasteiger partial charge in [0.15, 0.2) is 11.5 Å².